The standard InChI is InChI=1S/2C18H30O2.Cd/c2*1-2-3-4-5-6-7-8-9-10-11-12-13-14-15-16-17-18(19)20;/h2*3-4,6-7,9-10H,2,5,8,11-17H2,1H3,(H,19,20);/q;;+2/p-2/b2*4-3-,7-6-,10-9-;. The Labute approximate surface area is 273 Å². The van der Waals surface area contributed by atoms with E-state index in [1.165, 1.54) is 25.7 Å². The number of rotatable bonds is 26. The van der Waals surface area contributed by atoms with Crippen molar-refractivity contribution in [1.82, 2.24) is 0 Å². The van der Waals surface area contributed by atoms with Gasteiger partial charge in [-0.05, 0) is 89.9 Å². The first-order valence-electron chi connectivity index (χ1n) is 15.8. The van der Waals surface area contributed by atoms with Crippen LogP contribution in [0.3, 0.4) is 0 Å². The van der Waals surface area contributed by atoms with E-state index < -0.39 is 11.9 Å². The molecule has 0 bridgehead atoms. The molecule has 228 valence electrons. The van der Waals surface area contributed by atoms with Crippen molar-refractivity contribution in [1.29, 1.82) is 0 Å². The molecule has 0 heterocycles. The second-order valence-electron chi connectivity index (χ2n) is 9.94. The number of unbranched alkanes of at least 4 members (excludes halogenated alkanes) is 10. The Balaban J connectivity index is -0.000000688. The van der Waals surface area contributed by atoms with Crippen LogP contribution < -0.4 is 10.2 Å². The van der Waals surface area contributed by atoms with E-state index in [4.69, 9.17) is 0 Å². The van der Waals surface area contributed by atoms with Gasteiger partial charge in [-0.2, -0.15) is 0 Å². The number of allylic oxidation sites excluding steroid dienone is 12. The van der Waals surface area contributed by atoms with Crippen LogP contribution in [0.4, 0.5) is 0 Å². The Morgan fingerprint density at radius 3 is 1.00 bits per heavy atom. The molecule has 0 spiro atoms. The molecule has 0 aliphatic heterocycles. The third kappa shape index (κ3) is 48.4. The molecule has 0 rings (SSSR count). The smallest absolute Gasteiger partial charge is 0.550 e. The van der Waals surface area contributed by atoms with Gasteiger partial charge < -0.3 is 19.8 Å². The molecule has 0 aliphatic carbocycles. The van der Waals surface area contributed by atoms with E-state index in [1.54, 1.807) is 0 Å². The van der Waals surface area contributed by atoms with Gasteiger partial charge in [0.2, 0.25) is 0 Å². The molecule has 0 aromatic rings. The first-order chi connectivity index (χ1) is 19.5. The quantitative estimate of drug-likeness (QED) is 0.0526. The van der Waals surface area contributed by atoms with Gasteiger partial charge in [0.15, 0.2) is 0 Å². The summed E-state index contributed by atoms with van der Waals surface area (Å²) in [4.78, 5) is 20.4. The van der Waals surface area contributed by atoms with Crippen LogP contribution in [-0.2, 0) is 36.9 Å². The van der Waals surface area contributed by atoms with Crippen LogP contribution >= 0.6 is 0 Å². The molecule has 0 unspecified atom stereocenters. The molecule has 0 radical (unpaired) electrons. The Morgan fingerprint density at radius 1 is 0.415 bits per heavy atom. The second-order valence-corrected chi connectivity index (χ2v) is 9.94. The average molecular weight is 667 g/mol. The molecule has 0 atom stereocenters. The summed E-state index contributed by atoms with van der Waals surface area (Å²) in [6, 6.07) is 0. The van der Waals surface area contributed by atoms with Crippen LogP contribution in [0, 0.1) is 0 Å². The monoisotopic (exact) mass is 668 g/mol. The van der Waals surface area contributed by atoms with Gasteiger partial charge in [0.05, 0.1) is 0 Å². The first-order valence-corrected chi connectivity index (χ1v) is 15.8. The maximum atomic E-state index is 10.2. The van der Waals surface area contributed by atoms with Crippen LogP contribution in [0.2, 0.25) is 0 Å². The summed E-state index contributed by atoms with van der Waals surface area (Å²) >= 11 is 0. The summed E-state index contributed by atoms with van der Waals surface area (Å²) < 4.78 is 0. The number of aliphatic carboxylic acids is 2. The third-order valence-electron chi connectivity index (χ3n) is 6.06. The summed E-state index contributed by atoms with van der Waals surface area (Å²) in [5.74, 6) is -1.85. The minimum absolute atomic E-state index is 0. The van der Waals surface area contributed by atoms with E-state index in [0.29, 0.717) is 0 Å². The van der Waals surface area contributed by atoms with Gasteiger partial charge in [0.1, 0.15) is 0 Å². The largest absolute Gasteiger partial charge is 2.00 e. The molecule has 0 fully saturated rings. The van der Waals surface area contributed by atoms with Crippen molar-refractivity contribution in [2.24, 2.45) is 0 Å². The maximum absolute atomic E-state index is 10.2. The summed E-state index contributed by atoms with van der Waals surface area (Å²) in [5, 5.41) is 20.4. The minimum atomic E-state index is -0.925. The number of carbonyl (C=O) groups excluding carboxylic acids is 2. The van der Waals surface area contributed by atoms with E-state index in [2.05, 4.69) is 86.8 Å². The topological polar surface area (TPSA) is 80.3 Å². The van der Waals surface area contributed by atoms with E-state index in [1.807, 2.05) is 0 Å². The van der Waals surface area contributed by atoms with Crippen LogP contribution in [-0.4, -0.2) is 11.9 Å². The molecule has 5 heteroatoms. The van der Waals surface area contributed by atoms with E-state index in [-0.39, 0.29) is 40.1 Å². The van der Waals surface area contributed by atoms with Crippen LogP contribution in [0.15, 0.2) is 72.9 Å². The van der Waals surface area contributed by atoms with Crippen LogP contribution in [0.1, 0.15) is 142 Å². The number of carboxylic acids is 2. The molecule has 0 aliphatic rings. The second kappa shape index (κ2) is 40.4. The Kier molecular flexibility index (Phi) is 43.2. The zero-order valence-electron chi connectivity index (χ0n) is 26.4. The Bertz CT molecular complexity index is 670. The number of hydrogen-bond donors (Lipinski definition) is 0. The van der Waals surface area contributed by atoms with Gasteiger partial charge in [0, 0.05) is 11.9 Å². The molecule has 0 N–H and O–H groups in total. The van der Waals surface area contributed by atoms with Gasteiger partial charge in [-0.1, -0.05) is 125 Å². The molecular formula is C36H58CdO4. The van der Waals surface area contributed by atoms with Crippen molar-refractivity contribution in [3.8, 4) is 0 Å². The maximum Gasteiger partial charge on any atom is 2.00 e. The van der Waals surface area contributed by atoms with Crippen molar-refractivity contribution < 1.29 is 47.1 Å². The molecule has 0 saturated heterocycles. The Hall–Kier alpha value is -1.70. The van der Waals surface area contributed by atoms with Crippen molar-refractivity contribution >= 4 is 11.9 Å². The molecule has 0 aromatic carbocycles. The minimum Gasteiger partial charge on any atom is -0.550 e. The normalized spacial score (nSPS) is 11.8. The zero-order valence-corrected chi connectivity index (χ0v) is 30.4. The predicted molar refractivity (Wildman–Crippen MR) is 169 cm³/mol. The molecule has 4 nitrogen and oxygen atoms in total. The zero-order chi connectivity index (χ0) is 29.8. The summed E-state index contributed by atoms with van der Waals surface area (Å²) in [7, 11) is 0. The molecule has 41 heavy (non-hydrogen) atoms. The SMILES string of the molecule is CC/C=C\C/C=C\C/C=C\CCCCCCCC(=O)[O-].CC/C=C\C/C=C\C/C=C\CCCCCCCC(=O)[O-].[Cd+2]. The number of hydrogen-bond acceptors (Lipinski definition) is 4. The van der Waals surface area contributed by atoms with Crippen molar-refractivity contribution in [2.75, 3.05) is 0 Å². The molecule has 0 amide bonds. The first kappa shape index (κ1) is 43.8. The van der Waals surface area contributed by atoms with Crippen LogP contribution in [0.25, 0.3) is 0 Å². The van der Waals surface area contributed by atoms with Crippen molar-refractivity contribution in [2.45, 2.75) is 142 Å². The van der Waals surface area contributed by atoms with Crippen LogP contribution in [0.5, 0.6) is 0 Å². The fourth-order valence-corrected chi connectivity index (χ4v) is 3.78. The Morgan fingerprint density at radius 2 is 0.683 bits per heavy atom. The van der Waals surface area contributed by atoms with Crippen molar-refractivity contribution in [3.63, 3.8) is 0 Å². The predicted octanol–water partition coefficient (Wildman–Crippen LogP) is 8.65. The number of carboxylic acid groups (broad SMARTS) is 2. The van der Waals surface area contributed by atoms with E-state index in [0.717, 1.165) is 89.9 Å². The van der Waals surface area contributed by atoms with Gasteiger partial charge in [0.25, 0.3) is 0 Å². The van der Waals surface area contributed by atoms with E-state index in [9.17, 15) is 19.8 Å². The van der Waals surface area contributed by atoms with Gasteiger partial charge in [-0.25, -0.2) is 0 Å². The fraction of sp³-hybridized carbons (Fsp3) is 0.611. The van der Waals surface area contributed by atoms with Gasteiger partial charge in [-0.3, -0.25) is 0 Å². The van der Waals surface area contributed by atoms with Gasteiger partial charge >= 0.3 is 27.3 Å². The summed E-state index contributed by atoms with van der Waals surface area (Å²) in [6.07, 6.45) is 46.1. The fourth-order valence-electron chi connectivity index (χ4n) is 3.78. The van der Waals surface area contributed by atoms with E-state index >= 15 is 0 Å². The summed E-state index contributed by atoms with van der Waals surface area (Å²) in [6.45, 7) is 4.29. The number of carbonyl (C=O) groups is 2. The third-order valence-corrected chi connectivity index (χ3v) is 6.06. The average Bonchev–Trinajstić information content (AvgIpc) is 2.93. The van der Waals surface area contributed by atoms with Crippen molar-refractivity contribution in [3.05, 3.63) is 72.9 Å². The molecule has 0 aromatic heterocycles. The molecular weight excluding hydrogens is 609 g/mol. The summed E-state index contributed by atoms with van der Waals surface area (Å²) in [5.41, 5.74) is 0. The van der Waals surface area contributed by atoms with Gasteiger partial charge in [-0.15, -0.1) is 0 Å². The molecule has 0 saturated carbocycles.